The van der Waals surface area contributed by atoms with Crippen LogP contribution in [0.1, 0.15) is 24.0 Å². The molecule has 111 valence electrons. The molecule has 0 bridgehead atoms. The Morgan fingerprint density at radius 3 is 2.23 bits per heavy atom. The van der Waals surface area contributed by atoms with Crippen LogP contribution < -0.4 is 5.32 Å². The maximum Gasteiger partial charge on any atom is 0.407 e. The Morgan fingerprint density at radius 2 is 1.68 bits per heavy atom. The minimum absolute atomic E-state index is 0.0219. The fourth-order valence-corrected chi connectivity index (χ4v) is 2.85. The monoisotopic (exact) mass is 294 g/mol. The van der Waals surface area contributed by atoms with Gasteiger partial charge in [0.05, 0.1) is 6.04 Å². The van der Waals surface area contributed by atoms with Gasteiger partial charge in [-0.25, -0.2) is 4.79 Å². The minimum Gasteiger partial charge on any atom is -0.449 e. The molecule has 0 saturated heterocycles. The summed E-state index contributed by atoms with van der Waals surface area (Å²) in [4.78, 5) is 22.1. The van der Waals surface area contributed by atoms with Gasteiger partial charge in [-0.05, 0) is 29.2 Å². The van der Waals surface area contributed by atoms with E-state index in [1.165, 1.54) is 11.1 Å². The highest BCUT2D eigenvalue weighted by molar-refractivity contribution is 5.79. The van der Waals surface area contributed by atoms with E-state index in [1.54, 1.807) is 13.2 Å². The third-order valence-electron chi connectivity index (χ3n) is 3.85. The van der Waals surface area contributed by atoms with Crippen molar-refractivity contribution in [1.82, 2.24) is 5.32 Å². The molecule has 0 heterocycles. The van der Waals surface area contributed by atoms with Crippen LogP contribution in [0, 0.1) is 0 Å². The lowest BCUT2D eigenvalue weighted by atomic mass is 9.98. The number of rotatable bonds is 4. The van der Waals surface area contributed by atoms with Gasteiger partial charge in [0, 0.05) is 5.92 Å². The molecule has 1 aliphatic rings. The summed E-state index contributed by atoms with van der Waals surface area (Å²) < 4.78 is 5.28. The van der Waals surface area contributed by atoms with Crippen molar-refractivity contribution in [2.45, 2.75) is 18.9 Å². The summed E-state index contributed by atoms with van der Waals surface area (Å²) in [5, 5.41) is 2.42. The molecule has 2 aromatic carbocycles. The van der Waals surface area contributed by atoms with Gasteiger partial charge in [-0.1, -0.05) is 48.5 Å². The minimum atomic E-state index is -0.671. The van der Waals surface area contributed by atoms with Crippen LogP contribution in [0.15, 0.2) is 48.5 Å². The van der Waals surface area contributed by atoms with Gasteiger partial charge in [0.1, 0.15) is 6.61 Å². The van der Waals surface area contributed by atoms with E-state index in [1.807, 2.05) is 24.3 Å². The topological polar surface area (TPSA) is 55.4 Å². The van der Waals surface area contributed by atoms with Crippen molar-refractivity contribution in [3.05, 3.63) is 59.7 Å². The standard InChI is InChI=1S/C18H16NO3/c1-12(10-20)19-18(21)22-11-17-15-8-4-2-6-13(15)14-7-3-5-9-16(14)17/h2-9,12,17H,11H2,1H3,(H,19,21)/t12-/m0/s1. The highest BCUT2D eigenvalue weighted by atomic mass is 16.5. The zero-order chi connectivity index (χ0) is 15.5. The summed E-state index contributed by atoms with van der Waals surface area (Å²) in [7, 11) is 0. The smallest absolute Gasteiger partial charge is 0.407 e. The van der Waals surface area contributed by atoms with E-state index in [-0.39, 0.29) is 12.5 Å². The molecule has 4 nitrogen and oxygen atoms in total. The van der Waals surface area contributed by atoms with E-state index in [4.69, 9.17) is 4.74 Å². The van der Waals surface area contributed by atoms with Gasteiger partial charge in [0.15, 0.2) is 0 Å². The van der Waals surface area contributed by atoms with Gasteiger partial charge in [-0.3, -0.25) is 4.79 Å². The van der Waals surface area contributed by atoms with Crippen LogP contribution in [0.2, 0.25) is 0 Å². The Labute approximate surface area is 129 Å². The van der Waals surface area contributed by atoms with E-state index in [9.17, 15) is 9.59 Å². The first kappa shape index (κ1) is 14.3. The second-order valence-corrected chi connectivity index (χ2v) is 5.31. The molecule has 0 fully saturated rings. The first-order chi connectivity index (χ1) is 10.7. The molecule has 0 aromatic heterocycles. The van der Waals surface area contributed by atoms with Crippen molar-refractivity contribution >= 4 is 12.4 Å². The van der Waals surface area contributed by atoms with Crippen LogP contribution in [0.25, 0.3) is 11.1 Å². The number of fused-ring (bicyclic) bond motifs is 3. The summed E-state index contributed by atoms with van der Waals surface area (Å²) in [6, 6.07) is 15.6. The van der Waals surface area contributed by atoms with E-state index in [0.717, 1.165) is 11.1 Å². The molecule has 1 atom stereocenters. The summed E-state index contributed by atoms with van der Waals surface area (Å²) >= 11 is 0. The van der Waals surface area contributed by atoms with Gasteiger partial charge in [-0.15, -0.1) is 0 Å². The Hall–Kier alpha value is -2.62. The molecule has 1 aliphatic carbocycles. The summed E-state index contributed by atoms with van der Waals surface area (Å²) in [5.41, 5.74) is 4.68. The maximum atomic E-state index is 11.7. The van der Waals surface area contributed by atoms with Crippen LogP contribution in [0.5, 0.6) is 0 Å². The highest BCUT2D eigenvalue weighted by Gasteiger charge is 2.29. The predicted molar refractivity (Wildman–Crippen MR) is 83.4 cm³/mol. The molecule has 0 unspecified atom stereocenters. The lowest BCUT2D eigenvalue weighted by molar-refractivity contribution is 0.142. The second kappa shape index (κ2) is 6.02. The van der Waals surface area contributed by atoms with Crippen molar-refractivity contribution < 1.29 is 14.3 Å². The number of carbonyl (C=O) groups excluding carboxylic acids is 2. The number of alkyl carbamates (subject to hydrolysis) is 1. The molecule has 3 rings (SSSR count). The number of benzene rings is 2. The summed E-state index contributed by atoms with van der Waals surface area (Å²) in [6.45, 7) is 1.79. The van der Waals surface area contributed by atoms with Crippen LogP contribution in [-0.4, -0.2) is 25.0 Å². The molecule has 1 amide bonds. The molecule has 0 spiro atoms. The fourth-order valence-electron chi connectivity index (χ4n) is 2.85. The molecule has 1 N–H and O–H groups in total. The number of hydrogen-bond acceptors (Lipinski definition) is 3. The van der Waals surface area contributed by atoms with Crippen molar-refractivity contribution in [3.8, 4) is 11.1 Å². The maximum absolute atomic E-state index is 11.7. The van der Waals surface area contributed by atoms with Gasteiger partial charge < -0.3 is 10.1 Å². The van der Waals surface area contributed by atoms with Gasteiger partial charge in [-0.2, -0.15) is 0 Å². The largest absolute Gasteiger partial charge is 0.449 e. The molecular weight excluding hydrogens is 278 g/mol. The fraction of sp³-hybridized carbons (Fsp3) is 0.222. The third-order valence-corrected chi connectivity index (χ3v) is 3.85. The first-order valence-corrected chi connectivity index (χ1v) is 7.20. The van der Waals surface area contributed by atoms with Gasteiger partial charge >= 0.3 is 6.09 Å². The average molecular weight is 294 g/mol. The molecule has 0 saturated carbocycles. The normalized spacial score (nSPS) is 13.9. The summed E-state index contributed by atoms with van der Waals surface area (Å²) in [6.07, 6.45) is 1.09. The van der Waals surface area contributed by atoms with E-state index >= 15 is 0 Å². The first-order valence-electron chi connectivity index (χ1n) is 7.20. The lowest BCUT2D eigenvalue weighted by Gasteiger charge is -2.15. The SMILES string of the molecule is C[C@@H]([C]=O)NC(=O)OCC1c2ccccc2-c2ccccc21. The Morgan fingerprint density at radius 1 is 1.14 bits per heavy atom. The molecule has 2 aromatic rings. The van der Waals surface area contributed by atoms with Crippen LogP contribution in [-0.2, 0) is 9.53 Å². The lowest BCUT2D eigenvalue weighted by Crippen LogP contribution is -2.34. The van der Waals surface area contributed by atoms with E-state index < -0.39 is 12.1 Å². The molecule has 22 heavy (non-hydrogen) atoms. The number of amides is 1. The van der Waals surface area contributed by atoms with Crippen LogP contribution in [0.4, 0.5) is 4.79 Å². The quantitative estimate of drug-likeness (QED) is 0.943. The van der Waals surface area contributed by atoms with E-state index in [2.05, 4.69) is 29.6 Å². The van der Waals surface area contributed by atoms with Crippen molar-refractivity contribution in [2.75, 3.05) is 6.61 Å². The van der Waals surface area contributed by atoms with Crippen molar-refractivity contribution in [2.24, 2.45) is 0 Å². The van der Waals surface area contributed by atoms with Crippen molar-refractivity contribution in [3.63, 3.8) is 0 Å². The Kier molecular flexibility index (Phi) is 3.92. The zero-order valence-corrected chi connectivity index (χ0v) is 12.2. The summed E-state index contributed by atoms with van der Waals surface area (Å²) in [5.74, 6) is 0.0219. The van der Waals surface area contributed by atoms with Gasteiger partial charge in [0.25, 0.3) is 0 Å². The molecule has 0 aliphatic heterocycles. The third kappa shape index (κ3) is 2.60. The Bertz CT molecular complexity index is 665. The number of nitrogens with one attached hydrogen (secondary N) is 1. The van der Waals surface area contributed by atoms with Crippen LogP contribution in [0.3, 0.4) is 0 Å². The molecule has 4 heteroatoms. The highest BCUT2D eigenvalue weighted by Crippen LogP contribution is 2.44. The van der Waals surface area contributed by atoms with Gasteiger partial charge in [0.2, 0.25) is 6.29 Å². The Balaban J connectivity index is 1.79. The molecule has 1 radical (unpaired) electrons. The average Bonchev–Trinajstić information content (AvgIpc) is 2.87. The van der Waals surface area contributed by atoms with E-state index in [0.29, 0.717) is 0 Å². The second-order valence-electron chi connectivity index (χ2n) is 5.31. The van der Waals surface area contributed by atoms with Crippen molar-refractivity contribution in [1.29, 1.82) is 0 Å². The number of ether oxygens (including phenoxy) is 1. The van der Waals surface area contributed by atoms with Crippen LogP contribution >= 0.6 is 0 Å². The number of hydrogen-bond donors (Lipinski definition) is 1. The predicted octanol–water partition coefficient (Wildman–Crippen LogP) is 3.02. The zero-order valence-electron chi connectivity index (χ0n) is 12.2. The molecular formula is C18H16NO3. The number of carbonyl (C=O) groups is 1.